The SMILES string of the molecule is CCC(CC)(CCC=C(C)C1CCC2CC(=O)CCC21C)O[Si](C)(C)C. The second-order valence-electron chi connectivity index (χ2n) is 10.2. The van der Waals surface area contributed by atoms with E-state index in [0.717, 1.165) is 44.9 Å². The van der Waals surface area contributed by atoms with Gasteiger partial charge in [-0.05, 0) is 88.8 Å². The molecular formula is C23H42O2Si. The fourth-order valence-corrected chi connectivity index (χ4v) is 7.40. The number of hydrogen-bond donors (Lipinski definition) is 0. The predicted octanol–water partition coefficient (Wildman–Crippen LogP) is 6.91. The molecule has 26 heavy (non-hydrogen) atoms. The highest BCUT2D eigenvalue weighted by molar-refractivity contribution is 6.69. The van der Waals surface area contributed by atoms with Crippen molar-refractivity contribution in [1.82, 2.24) is 0 Å². The number of Topliss-reactive ketones (excluding diaryl/α,β-unsaturated/α-hetero) is 1. The second-order valence-corrected chi connectivity index (χ2v) is 14.6. The van der Waals surface area contributed by atoms with E-state index < -0.39 is 8.32 Å². The molecule has 0 aliphatic heterocycles. The van der Waals surface area contributed by atoms with Crippen molar-refractivity contribution in [2.75, 3.05) is 0 Å². The molecule has 0 aromatic rings. The molecule has 2 saturated carbocycles. The maximum absolute atomic E-state index is 11.9. The predicted molar refractivity (Wildman–Crippen MR) is 114 cm³/mol. The first-order chi connectivity index (χ1) is 12.1. The molecule has 2 aliphatic rings. The summed E-state index contributed by atoms with van der Waals surface area (Å²) in [6.45, 7) is 16.3. The molecule has 0 spiro atoms. The Hall–Kier alpha value is -0.413. The minimum atomic E-state index is -1.53. The average molecular weight is 379 g/mol. The summed E-state index contributed by atoms with van der Waals surface area (Å²) < 4.78 is 6.62. The maximum Gasteiger partial charge on any atom is 0.184 e. The molecule has 2 rings (SSSR count). The van der Waals surface area contributed by atoms with Gasteiger partial charge >= 0.3 is 0 Å². The Labute approximate surface area is 163 Å². The van der Waals surface area contributed by atoms with Crippen molar-refractivity contribution in [3.63, 3.8) is 0 Å². The Morgan fingerprint density at radius 1 is 1.27 bits per heavy atom. The number of fused-ring (bicyclic) bond motifs is 1. The Bertz CT molecular complexity index is 527. The van der Waals surface area contributed by atoms with Crippen molar-refractivity contribution in [2.45, 2.75) is 111 Å². The minimum absolute atomic E-state index is 0.0562. The van der Waals surface area contributed by atoms with E-state index in [-0.39, 0.29) is 5.60 Å². The molecule has 0 radical (unpaired) electrons. The molecule has 3 atom stereocenters. The highest BCUT2D eigenvalue weighted by Crippen LogP contribution is 2.57. The summed E-state index contributed by atoms with van der Waals surface area (Å²) in [6.07, 6.45) is 12.2. The highest BCUT2D eigenvalue weighted by Gasteiger charge is 2.49. The van der Waals surface area contributed by atoms with E-state index in [1.165, 1.54) is 12.8 Å². The van der Waals surface area contributed by atoms with Crippen LogP contribution in [0, 0.1) is 17.3 Å². The van der Waals surface area contributed by atoms with Gasteiger partial charge in [-0.3, -0.25) is 4.79 Å². The summed E-state index contributed by atoms with van der Waals surface area (Å²) in [5.74, 6) is 1.79. The molecular weight excluding hydrogens is 336 g/mol. The molecule has 0 saturated heterocycles. The first kappa shape index (κ1) is 21.9. The summed E-state index contributed by atoms with van der Waals surface area (Å²) in [5.41, 5.74) is 1.98. The van der Waals surface area contributed by atoms with E-state index in [2.05, 4.69) is 53.4 Å². The van der Waals surface area contributed by atoms with Gasteiger partial charge in [0.05, 0.1) is 5.60 Å². The summed E-state index contributed by atoms with van der Waals surface area (Å²) >= 11 is 0. The second kappa shape index (κ2) is 8.30. The van der Waals surface area contributed by atoms with Crippen LogP contribution < -0.4 is 0 Å². The van der Waals surface area contributed by atoms with Crippen molar-refractivity contribution >= 4 is 14.1 Å². The van der Waals surface area contributed by atoms with Crippen molar-refractivity contribution < 1.29 is 9.22 Å². The van der Waals surface area contributed by atoms with Gasteiger partial charge in [-0.2, -0.15) is 0 Å². The van der Waals surface area contributed by atoms with Gasteiger partial charge < -0.3 is 4.43 Å². The van der Waals surface area contributed by atoms with Crippen LogP contribution in [0.5, 0.6) is 0 Å². The van der Waals surface area contributed by atoms with Crippen LogP contribution in [0.4, 0.5) is 0 Å². The van der Waals surface area contributed by atoms with Crippen molar-refractivity contribution in [2.24, 2.45) is 17.3 Å². The number of rotatable bonds is 8. The van der Waals surface area contributed by atoms with Gasteiger partial charge in [-0.15, -0.1) is 0 Å². The van der Waals surface area contributed by atoms with Gasteiger partial charge in [0.2, 0.25) is 0 Å². The quantitative estimate of drug-likeness (QED) is 0.339. The fraction of sp³-hybridized carbons (Fsp3) is 0.870. The molecule has 0 amide bonds. The van der Waals surface area contributed by atoms with Crippen LogP contribution in [-0.2, 0) is 9.22 Å². The largest absolute Gasteiger partial charge is 0.412 e. The zero-order valence-corrected chi connectivity index (χ0v) is 19.4. The van der Waals surface area contributed by atoms with Crippen LogP contribution in [0.15, 0.2) is 11.6 Å². The maximum atomic E-state index is 11.9. The Kier molecular flexibility index (Phi) is 6.99. The molecule has 3 unspecified atom stereocenters. The van der Waals surface area contributed by atoms with Crippen molar-refractivity contribution in [3.05, 3.63) is 11.6 Å². The summed E-state index contributed by atoms with van der Waals surface area (Å²) in [7, 11) is -1.53. The molecule has 0 N–H and O–H groups in total. The monoisotopic (exact) mass is 378 g/mol. The van der Waals surface area contributed by atoms with E-state index in [1.54, 1.807) is 5.57 Å². The Morgan fingerprint density at radius 2 is 1.92 bits per heavy atom. The lowest BCUT2D eigenvalue weighted by Crippen LogP contribution is -2.42. The van der Waals surface area contributed by atoms with E-state index in [0.29, 0.717) is 23.0 Å². The zero-order valence-electron chi connectivity index (χ0n) is 18.4. The van der Waals surface area contributed by atoms with Gasteiger partial charge in [0.15, 0.2) is 8.32 Å². The van der Waals surface area contributed by atoms with E-state index >= 15 is 0 Å². The van der Waals surface area contributed by atoms with Crippen molar-refractivity contribution in [1.29, 1.82) is 0 Å². The first-order valence-electron chi connectivity index (χ1n) is 10.9. The van der Waals surface area contributed by atoms with Crippen LogP contribution >= 0.6 is 0 Å². The molecule has 0 aromatic heterocycles. The Morgan fingerprint density at radius 3 is 2.50 bits per heavy atom. The van der Waals surface area contributed by atoms with Crippen LogP contribution in [0.25, 0.3) is 0 Å². The molecule has 2 aliphatic carbocycles. The lowest BCUT2D eigenvalue weighted by atomic mass is 9.63. The molecule has 0 aromatic carbocycles. The molecule has 2 fully saturated rings. The molecule has 0 bridgehead atoms. The lowest BCUT2D eigenvalue weighted by Gasteiger charge is -2.41. The summed E-state index contributed by atoms with van der Waals surface area (Å²) in [4.78, 5) is 11.9. The number of hydrogen-bond acceptors (Lipinski definition) is 2. The van der Waals surface area contributed by atoms with Gasteiger partial charge in [0.25, 0.3) is 0 Å². The molecule has 2 nitrogen and oxygen atoms in total. The number of allylic oxidation sites excluding steroid dienone is 2. The highest BCUT2D eigenvalue weighted by atomic mass is 28.4. The fourth-order valence-electron chi connectivity index (χ4n) is 5.71. The van der Waals surface area contributed by atoms with Gasteiger partial charge in [-0.1, -0.05) is 32.4 Å². The number of carbonyl (C=O) groups excluding carboxylic acids is 1. The average Bonchev–Trinajstić information content (AvgIpc) is 2.89. The smallest absolute Gasteiger partial charge is 0.184 e. The topological polar surface area (TPSA) is 26.3 Å². The van der Waals surface area contributed by atoms with Gasteiger partial charge in [0, 0.05) is 12.8 Å². The van der Waals surface area contributed by atoms with Gasteiger partial charge in [0.1, 0.15) is 5.78 Å². The zero-order chi connectivity index (χ0) is 19.6. The third kappa shape index (κ3) is 4.89. The van der Waals surface area contributed by atoms with Crippen LogP contribution in [0.3, 0.4) is 0 Å². The minimum Gasteiger partial charge on any atom is -0.412 e. The third-order valence-electron chi connectivity index (χ3n) is 7.38. The third-order valence-corrected chi connectivity index (χ3v) is 8.42. The van der Waals surface area contributed by atoms with Crippen LogP contribution in [0.2, 0.25) is 19.6 Å². The van der Waals surface area contributed by atoms with E-state index in [9.17, 15) is 4.79 Å². The summed E-state index contributed by atoms with van der Waals surface area (Å²) in [5, 5.41) is 0. The summed E-state index contributed by atoms with van der Waals surface area (Å²) in [6, 6.07) is 0. The van der Waals surface area contributed by atoms with E-state index in [4.69, 9.17) is 4.43 Å². The molecule has 0 heterocycles. The molecule has 3 heteroatoms. The number of ketones is 1. The standard InChI is InChI=1S/C23H42O2Si/c1-8-23(9-2,25-26(5,6)7)15-10-11-18(3)21-13-12-19-17-20(24)14-16-22(19,21)4/h11,19,21H,8-10,12-17H2,1-7H3. The van der Waals surface area contributed by atoms with Crippen LogP contribution in [-0.4, -0.2) is 19.7 Å². The molecule has 150 valence electrons. The van der Waals surface area contributed by atoms with Crippen molar-refractivity contribution in [3.8, 4) is 0 Å². The normalized spacial score (nSPS) is 30.6. The van der Waals surface area contributed by atoms with Gasteiger partial charge in [-0.25, -0.2) is 0 Å². The first-order valence-corrected chi connectivity index (χ1v) is 14.3. The Balaban J connectivity index is 2.02. The lowest BCUT2D eigenvalue weighted by molar-refractivity contribution is -0.124. The van der Waals surface area contributed by atoms with Crippen LogP contribution in [0.1, 0.15) is 85.5 Å². The number of carbonyl (C=O) groups is 1. The van der Waals surface area contributed by atoms with E-state index in [1.807, 2.05) is 0 Å².